The van der Waals surface area contributed by atoms with Crippen LogP contribution >= 0.6 is 23.1 Å². The van der Waals surface area contributed by atoms with Crippen LogP contribution in [0.15, 0.2) is 34.7 Å². The summed E-state index contributed by atoms with van der Waals surface area (Å²) in [7, 11) is 0. The van der Waals surface area contributed by atoms with Crippen molar-refractivity contribution in [2.45, 2.75) is 37.6 Å². The molecule has 1 aliphatic rings. The van der Waals surface area contributed by atoms with Crippen LogP contribution in [0.5, 0.6) is 0 Å². The summed E-state index contributed by atoms with van der Waals surface area (Å²) in [6, 6.07) is 8.10. The van der Waals surface area contributed by atoms with Gasteiger partial charge in [-0.05, 0) is 32.4 Å². The molecule has 4 nitrogen and oxygen atoms in total. The van der Waals surface area contributed by atoms with Crippen molar-refractivity contribution in [1.82, 2.24) is 10.2 Å². The van der Waals surface area contributed by atoms with Crippen molar-refractivity contribution in [2.24, 2.45) is 0 Å². The first-order valence-electron chi connectivity index (χ1n) is 7.43. The fourth-order valence-electron chi connectivity index (χ4n) is 2.99. The molecule has 2 heterocycles. The Balaban J connectivity index is 1.95. The van der Waals surface area contributed by atoms with Gasteiger partial charge in [-0.25, -0.2) is 0 Å². The molecule has 23 heavy (non-hydrogen) atoms. The zero-order valence-corrected chi connectivity index (χ0v) is 15.3. The van der Waals surface area contributed by atoms with Crippen molar-refractivity contribution in [2.75, 3.05) is 10.7 Å². The van der Waals surface area contributed by atoms with E-state index in [1.54, 1.807) is 30.0 Å². The number of carbonyl (C=O) groups is 1. The van der Waals surface area contributed by atoms with Crippen molar-refractivity contribution in [3.63, 3.8) is 0 Å². The van der Waals surface area contributed by atoms with Crippen molar-refractivity contribution < 1.29 is 4.79 Å². The van der Waals surface area contributed by atoms with Gasteiger partial charge in [-0.3, -0.25) is 4.79 Å². The zero-order chi connectivity index (χ0) is 16.6. The molecular formula is C17H19N3OS2. The van der Waals surface area contributed by atoms with E-state index in [4.69, 9.17) is 0 Å². The number of amides is 1. The van der Waals surface area contributed by atoms with Gasteiger partial charge in [0.25, 0.3) is 0 Å². The zero-order valence-electron chi connectivity index (χ0n) is 13.7. The van der Waals surface area contributed by atoms with Crippen LogP contribution in [0.2, 0.25) is 0 Å². The summed E-state index contributed by atoms with van der Waals surface area (Å²) in [6.07, 6.45) is 2.19. The van der Waals surface area contributed by atoms with Crippen molar-refractivity contribution in [3.05, 3.63) is 40.9 Å². The molecule has 120 valence electrons. The van der Waals surface area contributed by atoms with Crippen LogP contribution in [0.4, 0.5) is 5.69 Å². The second-order valence-corrected chi connectivity index (χ2v) is 8.47. The van der Waals surface area contributed by atoms with Crippen molar-refractivity contribution >= 4 is 40.3 Å². The van der Waals surface area contributed by atoms with Gasteiger partial charge in [0.15, 0.2) is 4.34 Å². The Morgan fingerprint density at radius 3 is 2.70 bits per heavy atom. The maximum Gasteiger partial charge on any atom is 0.224 e. The summed E-state index contributed by atoms with van der Waals surface area (Å²) in [5.41, 5.74) is 3.00. The number of hydrogen-bond donors (Lipinski definition) is 0. The van der Waals surface area contributed by atoms with Crippen LogP contribution < -0.4 is 4.90 Å². The maximum absolute atomic E-state index is 12.1. The molecule has 0 aliphatic carbocycles. The number of fused-ring (bicyclic) bond motifs is 1. The molecular weight excluding hydrogens is 326 g/mol. The second-order valence-electron chi connectivity index (χ2n) is 6.07. The van der Waals surface area contributed by atoms with Gasteiger partial charge in [-0.1, -0.05) is 47.4 Å². The molecule has 0 fully saturated rings. The van der Waals surface area contributed by atoms with Gasteiger partial charge in [0.2, 0.25) is 5.91 Å². The monoisotopic (exact) mass is 345 g/mol. The summed E-state index contributed by atoms with van der Waals surface area (Å²) >= 11 is 3.31. The molecule has 0 bridgehead atoms. The predicted octanol–water partition coefficient (Wildman–Crippen LogP) is 4.17. The number of benzene rings is 1. The lowest BCUT2D eigenvalue weighted by atomic mass is 9.89. The molecule has 0 radical (unpaired) electrons. The molecule has 0 spiro atoms. The quantitative estimate of drug-likeness (QED) is 0.783. The summed E-state index contributed by atoms with van der Waals surface area (Å²) in [6.45, 7) is 7.73. The van der Waals surface area contributed by atoms with E-state index in [2.05, 4.69) is 36.2 Å². The SMILES string of the molecule is CC(=O)N1c2ccccc2C(CSc2nnc(C)s2)=CC1(C)C. The summed E-state index contributed by atoms with van der Waals surface area (Å²) in [5.74, 6) is 0.881. The number of thioether (sulfide) groups is 1. The summed E-state index contributed by atoms with van der Waals surface area (Å²) in [5, 5.41) is 9.22. The molecule has 0 saturated carbocycles. The van der Waals surface area contributed by atoms with Gasteiger partial charge < -0.3 is 4.90 Å². The van der Waals surface area contributed by atoms with E-state index in [1.165, 1.54) is 5.57 Å². The molecule has 1 amide bonds. The van der Waals surface area contributed by atoms with Crippen LogP contribution in [0.1, 0.15) is 31.3 Å². The van der Waals surface area contributed by atoms with Gasteiger partial charge in [0.1, 0.15) is 5.01 Å². The minimum atomic E-state index is -0.340. The van der Waals surface area contributed by atoms with E-state index in [0.717, 1.165) is 26.4 Å². The lowest BCUT2D eigenvalue weighted by Crippen LogP contribution is -2.48. The number of carbonyl (C=O) groups excluding carboxylic acids is 1. The normalized spacial score (nSPS) is 16.0. The molecule has 1 aromatic carbocycles. The standard InChI is InChI=1S/C17H19N3OS2/c1-11-18-19-16(23-11)22-10-13-9-17(3,4)20(12(2)21)15-8-6-5-7-14(13)15/h5-9H,10H2,1-4H3. The van der Waals surface area contributed by atoms with E-state index < -0.39 is 0 Å². The lowest BCUT2D eigenvalue weighted by molar-refractivity contribution is -0.117. The molecule has 1 aromatic heterocycles. The number of hydrogen-bond acceptors (Lipinski definition) is 5. The minimum Gasteiger partial charge on any atom is -0.303 e. The molecule has 0 atom stereocenters. The maximum atomic E-state index is 12.1. The average Bonchev–Trinajstić information content (AvgIpc) is 2.89. The Bertz CT molecular complexity index is 780. The Labute approximate surface area is 144 Å². The van der Waals surface area contributed by atoms with Crippen LogP contribution in [0.3, 0.4) is 0 Å². The van der Waals surface area contributed by atoms with Gasteiger partial charge in [-0.15, -0.1) is 10.2 Å². The summed E-state index contributed by atoms with van der Waals surface area (Å²) in [4.78, 5) is 14.0. The van der Waals surface area contributed by atoms with E-state index in [1.807, 2.05) is 30.0 Å². The Morgan fingerprint density at radius 2 is 2.04 bits per heavy atom. The first kappa shape index (κ1) is 16.2. The lowest BCUT2D eigenvalue weighted by Gasteiger charge is -2.41. The van der Waals surface area contributed by atoms with Crippen LogP contribution in [-0.4, -0.2) is 27.4 Å². The smallest absolute Gasteiger partial charge is 0.224 e. The van der Waals surface area contributed by atoms with E-state index >= 15 is 0 Å². The van der Waals surface area contributed by atoms with Crippen LogP contribution in [-0.2, 0) is 4.79 Å². The van der Waals surface area contributed by atoms with Gasteiger partial charge in [0.05, 0.1) is 11.2 Å². The number of rotatable bonds is 3. The number of anilines is 1. The Kier molecular flexibility index (Phi) is 4.29. The Morgan fingerprint density at radius 1 is 1.30 bits per heavy atom. The van der Waals surface area contributed by atoms with Crippen molar-refractivity contribution in [1.29, 1.82) is 0 Å². The fourth-order valence-corrected chi connectivity index (χ4v) is 4.80. The van der Waals surface area contributed by atoms with E-state index in [9.17, 15) is 4.79 Å². The van der Waals surface area contributed by atoms with Crippen LogP contribution in [0.25, 0.3) is 5.57 Å². The highest BCUT2D eigenvalue weighted by atomic mass is 32.2. The second kappa shape index (κ2) is 6.09. The molecule has 2 aromatic rings. The predicted molar refractivity (Wildman–Crippen MR) is 97.0 cm³/mol. The third kappa shape index (κ3) is 3.19. The fraction of sp³-hybridized carbons (Fsp3) is 0.353. The highest BCUT2D eigenvalue weighted by molar-refractivity contribution is 8.01. The molecule has 1 aliphatic heterocycles. The highest BCUT2D eigenvalue weighted by Gasteiger charge is 2.34. The number of aromatic nitrogens is 2. The highest BCUT2D eigenvalue weighted by Crippen LogP contribution is 2.41. The average molecular weight is 345 g/mol. The largest absolute Gasteiger partial charge is 0.303 e. The molecule has 3 rings (SSSR count). The van der Waals surface area contributed by atoms with Crippen LogP contribution in [0, 0.1) is 6.92 Å². The summed E-state index contributed by atoms with van der Waals surface area (Å²) < 4.78 is 0.979. The first-order chi connectivity index (χ1) is 10.9. The molecule has 0 saturated heterocycles. The number of nitrogens with zero attached hydrogens (tertiary/aromatic N) is 3. The third-order valence-electron chi connectivity index (χ3n) is 3.77. The first-order valence-corrected chi connectivity index (χ1v) is 9.23. The van der Waals surface area contributed by atoms with Gasteiger partial charge in [-0.2, -0.15) is 0 Å². The number of para-hydroxylation sites is 1. The third-order valence-corrected chi connectivity index (χ3v) is 5.79. The molecule has 6 heteroatoms. The Hall–Kier alpha value is -1.66. The molecule has 0 N–H and O–H groups in total. The molecule has 0 unspecified atom stereocenters. The topological polar surface area (TPSA) is 46.1 Å². The van der Waals surface area contributed by atoms with E-state index in [-0.39, 0.29) is 11.4 Å². The van der Waals surface area contributed by atoms with Crippen molar-refractivity contribution in [3.8, 4) is 0 Å². The van der Waals surface area contributed by atoms with Gasteiger partial charge >= 0.3 is 0 Å². The van der Waals surface area contributed by atoms with E-state index in [0.29, 0.717) is 0 Å². The van der Waals surface area contributed by atoms with Gasteiger partial charge in [0, 0.05) is 18.2 Å². The minimum absolute atomic E-state index is 0.0603. The number of aryl methyl sites for hydroxylation is 1.